The molecule has 1 aliphatic rings. The number of carbonyl (C=O) groups is 2. The zero-order valence-corrected chi connectivity index (χ0v) is 10.1. The summed E-state index contributed by atoms with van der Waals surface area (Å²) < 4.78 is 4.89. The molecule has 0 unspecified atom stereocenters. The summed E-state index contributed by atoms with van der Waals surface area (Å²) in [6.07, 6.45) is 0. The molecule has 7 nitrogen and oxygen atoms in total. The van der Waals surface area contributed by atoms with Gasteiger partial charge in [0.15, 0.2) is 17.3 Å². The molecule has 7 heteroatoms. The van der Waals surface area contributed by atoms with Crippen LogP contribution in [-0.4, -0.2) is 34.0 Å². The average molecular weight is 265 g/mol. The Morgan fingerprint density at radius 2 is 1.58 bits per heavy atom. The number of Topliss-reactive ketones (excluding diaryl/α,β-unsaturated/α-hetero) is 2. The number of methoxy groups -OCH3 is 1. The SMILES string of the molecule is COc1c(C)c(O)c2c(c1O)C(O)=C(N)C(=O)C2=O. The molecule has 1 aromatic carbocycles. The van der Waals surface area contributed by atoms with E-state index in [1.165, 1.54) is 14.0 Å². The molecular weight excluding hydrogens is 254 g/mol. The Hall–Kier alpha value is -2.70. The van der Waals surface area contributed by atoms with Gasteiger partial charge >= 0.3 is 0 Å². The molecule has 5 N–H and O–H groups in total. The van der Waals surface area contributed by atoms with Crippen LogP contribution in [0.2, 0.25) is 0 Å². The molecule has 0 atom stereocenters. The number of carbonyl (C=O) groups excluding carboxylic acids is 2. The van der Waals surface area contributed by atoms with Crippen molar-refractivity contribution in [2.24, 2.45) is 5.73 Å². The molecule has 0 saturated carbocycles. The van der Waals surface area contributed by atoms with E-state index in [2.05, 4.69) is 0 Å². The van der Waals surface area contributed by atoms with E-state index in [1.54, 1.807) is 0 Å². The van der Waals surface area contributed by atoms with E-state index < -0.39 is 45.6 Å². The zero-order valence-electron chi connectivity index (χ0n) is 10.1. The van der Waals surface area contributed by atoms with Gasteiger partial charge in [-0.15, -0.1) is 0 Å². The van der Waals surface area contributed by atoms with Crippen molar-refractivity contribution in [3.8, 4) is 17.2 Å². The molecule has 1 aliphatic carbocycles. The summed E-state index contributed by atoms with van der Waals surface area (Å²) in [5, 5.41) is 29.7. The van der Waals surface area contributed by atoms with Gasteiger partial charge in [-0.05, 0) is 6.92 Å². The fraction of sp³-hybridized carbons (Fsp3) is 0.167. The number of phenolic OH excluding ortho intramolecular Hbond substituents is 2. The molecule has 0 fully saturated rings. The summed E-state index contributed by atoms with van der Waals surface area (Å²) in [5.41, 5.74) is 3.82. The molecule has 2 rings (SSSR count). The number of aromatic hydroxyl groups is 2. The minimum absolute atomic E-state index is 0.0770. The summed E-state index contributed by atoms with van der Waals surface area (Å²) in [4.78, 5) is 23.3. The third-order valence-electron chi connectivity index (χ3n) is 3.01. The number of allylic oxidation sites excluding steroid dienone is 1. The van der Waals surface area contributed by atoms with Crippen molar-refractivity contribution in [1.29, 1.82) is 0 Å². The topological polar surface area (TPSA) is 130 Å². The Morgan fingerprint density at radius 1 is 1.00 bits per heavy atom. The lowest BCUT2D eigenvalue weighted by atomic mass is 9.88. The monoisotopic (exact) mass is 265 g/mol. The fourth-order valence-electron chi connectivity index (χ4n) is 2.00. The predicted molar refractivity (Wildman–Crippen MR) is 64.1 cm³/mol. The van der Waals surface area contributed by atoms with Crippen LogP contribution in [0.5, 0.6) is 17.2 Å². The lowest BCUT2D eigenvalue weighted by Crippen LogP contribution is -2.28. The first-order chi connectivity index (χ1) is 8.82. The normalized spacial score (nSPS) is 14.6. The molecule has 0 aliphatic heterocycles. The molecule has 0 saturated heterocycles. The maximum absolute atomic E-state index is 11.8. The van der Waals surface area contributed by atoms with Crippen molar-refractivity contribution in [3.05, 3.63) is 22.4 Å². The second kappa shape index (κ2) is 3.91. The molecule has 0 bridgehead atoms. The van der Waals surface area contributed by atoms with Crippen LogP contribution in [0.25, 0.3) is 5.76 Å². The standard InChI is InChI=1S/C12H11NO6/c1-3-7(14)4-5(10(17)12(3)19-2)8(15)6(13)11(18)9(4)16/h14-15,17H,13H2,1-2H3. The first-order valence-corrected chi connectivity index (χ1v) is 5.23. The highest BCUT2D eigenvalue weighted by Crippen LogP contribution is 2.46. The smallest absolute Gasteiger partial charge is 0.253 e. The Morgan fingerprint density at radius 3 is 2.11 bits per heavy atom. The van der Waals surface area contributed by atoms with E-state index in [0.717, 1.165) is 0 Å². The van der Waals surface area contributed by atoms with Crippen LogP contribution in [0.3, 0.4) is 0 Å². The largest absolute Gasteiger partial charge is 0.507 e. The van der Waals surface area contributed by atoms with Crippen LogP contribution in [0.15, 0.2) is 5.70 Å². The summed E-state index contributed by atoms with van der Waals surface area (Å²) >= 11 is 0. The van der Waals surface area contributed by atoms with Gasteiger partial charge in [0.05, 0.1) is 18.2 Å². The van der Waals surface area contributed by atoms with Gasteiger partial charge in [0.1, 0.15) is 11.4 Å². The molecule has 0 spiro atoms. The fourth-order valence-corrected chi connectivity index (χ4v) is 2.00. The second-order valence-corrected chi connectivity index (χ2v) is 4.03. The van der Waals surface area contributed by atoms with Crippen LogP contribution in [0, 0.1) is 6.92 Å². The Labute approximate surface area is 107 Å². The molecule has 19 heavy (non-hydrogen) atoms. The summed E-state index contributed by atoms with van der Waals surface area (Å²) in [6, 6.07) is 0. The van der Waals surface area contributed by atoms with Crippen LogP contribution < -0.4 is 10.5 Å². The Balaban J connectivity index is 2.99. The highest BCUT2D eigenvalue weighted by molar-refractivity contribution is 6.52. The van der Waals surface area contributed by atoms with Crippen LogP contribution in [-0.2, 0) is 4.79 Å². The number of ketones is 2. The number of hydrogen-bond donors (Lipinski definition) is 4. The first kappa shape index (κ1) is 12.7. The molecular formula is C12H11NO6. The number of phenols is 2. The Bertz CT molecular complexity index is 659. The number of benzene rings is 1. The van der Waals surface area contributed by atoms with Gasteiger partial charge < -0.3 is 25.8 Å². The number of aliphatic hydroxyl groups excluding tert-OH is 1. The molecule has 0 aromatic heterocycles. The first-order valence-electron chi connectivity index (χ1n) is 5.23. The van der Waals surface area contributed by atoms with E-state index in [-0.39, 0.29) is 11.3 Å². The van der Waals surface area contributed by atoms with Gasteiger partial charge in [-0.1, -0.05) is 0 Å². The zero-order chi connectivity index (χ0) is 14.5. The summed E-state index contributed by atoms with van der Waals surface area (Å²) in [5.74, 6) is -4.20. The minimum Gasteiger partial charge on any atom is -0.507 e. The van der Waals surface area contributed by atoms with Gasteiger partial charge in [-0.3, -0.25) is 9.59 Å². The van der Waals surface area contributed by atoms with Crippen molar-refractivity contribution < 1.29 is 29.6 Å². The van der Waals surface area contributed by atoms with Gasteiger partial charge in [-0.25, -0.2) is 0 Å². The van der Waals surface area contributed by atoms with E-state index >= 15 is 0 Å². The maximum atomic E-state index is 11.8. The minimum atomic E-state index is -1.13. The number of rotatable bonds is 1. The van der Waals surface area contributed by atoms with Crippen LogP contribution >= 0.6 is 0 Å². The quantitative estimate of drug-likeness (QED) is 0.426. The van der Waals surface area contributed by atoms with Crippen LogP contribution in [0.4, 0.5) is 0 Å². The third-order valence-corrected chi connectivity index (χ3v) is 3.01. The highest BCUT2D eigenvalue weighted by Gasteiger charge is 2.38. The third kappa shape index (κ3) is 1.44. The number of aliphatic hydroxyl groups is 1. The number of ether oxygens (including phenoxy) is 1. The predicted octanol–water partition coefficient (Wildman–Crippen LogP) is 0.366. The van der Waals surface area contributed by atoms with Crippen LogP contribution in [0.1, 0.15) is 21.5 Å². The van der Waals surface area contributed by atoms with Gasteiger partial charge in [-0.2, -0.15) is 0 Å². The molecule has 100 valence electrons. The van der Waals surface area contributed by atoms with E-state index in [0.29, 0.717) is 0 Å². The van der Waals surface area contributed by atoms with E-state index in [1.807, 2.05) is 0 Å². The molecule has 0 heterocycles. The van der Waals surface area contributed by atoms with Crippen molar-refractivity contribution in [2.75, 3.05) is 7.11 Å². The summed E-state index contributed by atoms with van der Waals surface area (Å²) in [7, 11) is 1.24. The highest BCUT2D eigenvalue weighted by atomic mass is 16.5. The number of hydrogen-bond acceptors (Lipinski definition) is 7. The molecule has 0 amide bonds. The molecule has 1 aromatic rings. The van der Waals surface area contributed by atoms with E-state index in [4.69, 9.17) is 10.5 Å². The maximum Gasteiger partial charge on any atom is 0.253 e. The van der Waals surface area contributed by atoms with Crippen molar-refractivity contribution in [1.82, 2.24) is 0 Å². The van der Waals surface area contributed by atoms with Crippen molar-refractivity contribution >= 4 is 17.3 Å². The summed E-state index contributed by atoms with van der Waals surface area (Å²) in [6.45, 7) is 1.39. The Kier molecular flexibility index (Phi) is 2.62. The average Bonchev–Trinajstić information content (AvgIpc) is 2.38. The van der Waals surface area contributed by atoms with E-state index in [9.17, 15) is 24.9 Å². The van der Waals surface area contributed by atoms with Gasteiger partial charge in [0.2, 0.25) is 5.78 Å². The number of nitrogens with two attached hydrogens (primary N) is 1. The van der Waals surface area contributed by atoms with Crippen molar-refractivity contribution in [3.63, 3.8) is 0 Å². The molecule has 0 radical (unpaired) electrons. The lowest BCUT2D eigenvalue weighted by Gasteiger charge is -2.21. The lowest BCUT2D eigenvalue weighted by molar-refractivity contribution is -0.112. The van der Waals surface area contributed by atoms with Gasteiger partial charge in [0.25, 0.3) is 5.78 Å². The second-order valence-electron chi connectivity index (χ2n) is 4.03. The number of fused-ring (bicyclic) bond motifs is 1. The van der Waals surface area contributed by atoms with Gasteiger partial charge in [0, 0.05) is 5.56 Å². The van der Waals surface area contributed by atoms with Crippen molar-refractivity contribution in [2.45, 2.75) is 6.92 Å².